The lowest BCUT2D eigenvalue weighted by Gasteiger charge is -2.36. The molecule has 0 saturated heterocycles. The van der Waals surface area contributed by atoms with Gasteiger partial charge in [-0.1, -0.05) is 48.7 Å². The number of rotatable bonds is 7. The summed E-state index contributed by atoms with van der Waals surface area (Å²) >= 11 is 17.6. The van der Waals surface area contributed by atoms with Gasteiger partial charge in [0.25, 0.3) is 0 Å². The standard InChI is InChI=1S/C19H29Cl2N3O2S/c1-6-8-14(12-23(5)17(22)27)24(18(25)26-19(2,3)4)11-13-9-7-10-15(20)16(13)21/h7,9-10,14H,6,8,11-12H2,1-5H3,(H2,22,27)/t14-/m0/s1. The molecule has 0 aliphatic heterocycles. The van der Waals surface area contributed by atoms with E-state index in [1.807, 2.05) is 40.0 Å². The molecule has 27 heavy (non-hydrogen) atoms. The number of hydrogen-bond donors (Lipinski definition) is 1. The molecule has 0 saturated carbocycles. The first-order valence-electron chi connectivity index (χ1n) is 8.89. The normalized spacial score (nSPS) is 12.4. The van der Waals surface area contributed by atoms with Crippen molar-refractivity contribution in [3.8, 4) is 0 Å². The van der Waals surface area contributed by atoms with Crippen LogP contribution in [0.3, 0.4) is 0 Å². The van der Waals surface area contributed by atoms with Crippen LogP contribution in [0.15, 0.2) is 18.2 Å². The molecule has 1 rings (SSSR count). The molecule has 0 aromatic heterocycles. The van der Waals surface area contributed by atoms with Crippen LogP contribution in [-0.2, 0) is 11.3 Å². The number of thiocarbonyl (C=S) groups is 1. The summed E-state index contributed by atoms with van der Waals surface area (Å²) in [6.45, 7) is 8.36. The van der Waals surface area contributed by atoms with Crippen LogP contribution in [0.4, 0.5) is 4.79 Å². The highest BCUT2D eigenvalue weighted by Crippen LogP contribution is 2.28. The average Bonchev–Trinajstić information content (AvgIpc) is 2.54. The van der Waals surface area contributed by atoms with E-state index in [1.54, 1.807) is 15.9 Å². The summed E-state index contributed by atoms with van der Waals surface area (Å²) in [4.78, 5) is 16.4. The molecule has 1 atom stereocenters. The van der Waals surface area contributed by atoms with Crippen LogP contribution in [0.25, 0.3) is 0 Å². The lowest BCUT2D eigenvalue weighted by molar-refractivity contribution is 0.0112. The number of hydrogen-bond acceptors (Lipinski definition) is 3. The minimum Gasteiger partial charge on any atom is -0.444 e. The van der Waals surface area contributed by atoms with Gasteiger partial charge in [-0.05, 0) is 51.0 Å². The number of carbonyl (C=O) groups excluding carboxylic acids is 1. The Bertz CT molecular complexity index is 665. The first-order chi connectivity index (χ1) is 12.5. The number of likely N-dealkylation sites (N-methyl/N-ethyl adjacent to an activating group) is 1. The van der Waals surface area contributed by atoms with Gasteiger partial charge in [-0.2, -0.15) is 0 Å². The lowest BCUT2D eigenvalue weighted by atomic mass is 10.1. The van der Waals surface area contributed by atoms with Crippen molar-refractivity contribution in [3.05, 3.63) is 33.8 Å². The van der Waals surface area contributed by atoms with Crippen LogP contribution in [0, 0.1) is 0 Å². The fraction of sp³-hybridized carbons (Fsp3) is 0.579. The van der Waals surface area contributed by atoms with E-state index in [0.29, 0.717) is 16.6 Å². The molecular weight excluding hydrogens is 405 g/mol. The summed E-state index contributed by atoms with van der Waals surface area (Å²) in [6.07, 6.45) is 1.25. The maximum Gasteiger partial charge on any atom is 0.410 e. The van der Waals surface area contributed by atoms with E-state index >= 15 is 0 Å². The number of nitrogens with zero attached hydrogens (tertiary/aromatic N) is 2. The zero-order valence-electron chi connectivity index (χ0n) is 16.6. The maximum atomic E-state index is 13.0. The van der Waals surface area contributed by atoms with Crippen LogP contribution in [0.5, 0.6) is 0 Å². The summed E-state index contributed by atoms with van der Waals surface area (Å²) in [5.74, 6) is 0. The fourth-order valence-electron chi connectivity index (χ4n) is 2.60. The zero-order valence-corrected chi connectivity index (χ0v) is 18.9. The molecule has 1 amide bonds. The van der Waals surface area contributed by atoms with Gasteiger partial charge >= 0.3 is 6.09 Å². The molecular formula is C19H29Cl2N3O2S. The van der Waals surface area contributed by atoms with Gasteiger partial charge in [0.15, 0.2) is 5.11 Å². The van der Waals surface area contributed by atoms with Crippen molar-refractivity contribution >= 4 is 46.6 Å². The Hall–Kier alpha value is -1.24. The first-order valence-corrected chi connectivity index (χ1v) is 10.1. The van der Waals surface area contributed by atoms with E-state index in [4.69, 9.17) is 45.9 Å². The van der Waals surface area contributed by atoms with Crippen molar-refractivity contribution in [1.29, 1.82) is 0 Å². The van der Waals surface area contributed by atoms with Gasteiger partial charge in [0, 0.05) is 13.6 Å². The molecule has 0 unspecified atom stereocenters. The number of halogens is 2. The average molecular weight is 434 g/mol. The smallest absolute Gasteiger partial charge is 0.410 e. The van der Waals surface area contributed by atoms with Crippen molar-refractivity contribution in [1.82, 2.24) is 9.80 Å². The second-order valence-electron chi connectivity index (χ2n) is 7.48. The summed E-state index contributed by atoms with van der Waals surface area (Å²) in [7, 11) is 1.81. The summed E-state index contributed by atoms with van der Waals surface area (Å²) in [5, 5.41) is 1.16. The predicted octanol–water partition coefficient (Wildman–Crippen LogP) is 5.07. The molecule has 0 fully saturated rings. The Morgan fingerprint density at radius 2 is 1.96 bits per heavy atom. The fourth-order valence-corrected chi connectivity index (χ4v) is 3.06. The summed E-state index contributed by atoms with van der Waals surface area (Å²) in [6, 6.07) is 5.24. The highest BCUT2D eigenvalue weighted by molar-refractivity contribution is 7.80. The highest BCUT2D eigenvalue weighted by atomic mass is 35.5. The van der Waals surface area contributed by atoms with Gasteiger partial charge in [-0.3, -0.25) is 4.90 Å². The van der Waals surface area contributed by atoms with E-state index in [0.717, 1.165) is 18.4 Å². The van der Waals surface area contributed by atoms with Gasteiger partial charge in [0.2, 0.25) is 0 Å². The molecule has 0 radical (unpaired) electrons. The third-order valence-corrected chi connectivity index (χ3v) is 5.09. The molecule has 5 nitrogen and oxygen atoms in total. The Morgan fingerprint density at radius 3 is 2.48 bits per heavy atom. The molecule has 1 aromatic carbocycles. The van der Waals surface area contributed by atoms with Crippen LogP contribution in [-0.4, -0.2) is 46.2 Å². The first kappa shape index (κ1) is 23.8. The Morgan fingerprint density at radius 1 is 1.33 bits per heavy atom. The Kier molecular flexibility index (Phi) is 9.12. The van der Waals surface area contributed by atoms with Crippen molar-refractivity contribution in [2.75, 3.05) is 13.6 Å². The van der Waals surface area contributed by atoms with Crippen LogP contribution in [0.2, 0.25) is 10.0 Å². The second kappa shape index (κ2) is 10.3. The van der Waals surface area contributed by atoms with Crippen LogP contribution in [0.1, 0.15) is 46.1 Å². The van der Waals surface area contributed by atoms with E-state index in [2.05, 4.69) is 6.92 Å². The number of benzene rings is 1. The van der Waals surface area contributed by atoms with Crippen molar-refractivity contribution in [3.63, 3.8) is 0 Å². The third kappa shape index (κ3) is 7.72. The molecule has 0 aliphatic rings. The van der Waals surface area contributed by atoms with Gasteiger partial charge in [0.1, 0.15) is 5.60 Å². The lowest BCUT2D eigenvalue weighted by Crippen LogP contribution is -2.49. The minimum atomic E-state index is -0.612. The predicted molar refractivity (Wildman–Crippen MR) is 116 cm³/mol. The Labute approximate surface area is 177 Å². The maximum absolute atomic E-state index is 13.0. The quantitative estimate of drug-likeness (QED) is 0.607. The molecule has 0 bridgehead atoms. The van der Waals surface area contributed by atoms with Crippen molar-refractivity contribution in [2.45, 2.75) is 58.7 Å². The van der Waals surface area contributed by atoms with E-state index in [-0.39, 0.29) is 17.7 Å². The number of ether oxygens (including phenoxy) is 1. The molecule has 1 aromatic rings. The summed E-state index contributed by atoms with van der Waals surface area (Å²) in [5.41, 5.74) is 5.89. The van der Waals surface area contributed by atoms with Crippen molar-refractivity contribution in [2.24, 2.45) is 5.73 Å². The van der Waals surface area contributed by atoms with Crippen LogP contribution < -0.4 is 5.73 Å². The SMILES string of the molecule is CCC[C@@H](CN(C)C(N)=S)N(Cc1cccc(Cl)c1Cl)C(=O)OC(C)(C)C. The minimum absolute atomic E-state index is 0.147. The molecule has 8 heteroatoms. The monoisotopic (exact) mass is 433 g/mol. The third-order valence-electron chi connectivity index (χ3n) is 3.92. The number of nitrogens with two attached hydrogens (primary N) is 1. The van der Waals surface area contributed by atoms with E-state index in [1.165, 1.54) is 0 Å². The molecule has 0 spiro atoms. The molecule has 0 aliphatic carbocycles. The molecule has 0 heterocycles. The van der Waals surface area contributed by atoms with Crippen molar-refractivity contribution < 1.29 is 9.53 Å². The molecule has 152 valence electrons. The van der Waals surface area contributed by atoms with Crippen LogP contribution >= 0.6 is 35.4 Å². The number of carbonyl (C=O) groups is 1. The number of amides is 1. The highest BCUT2D eigenvalue weighted by Gasteiger charge is 2.30. The topological polar surface area (TPSA) is 58.8 Å². The van der Waals surface area contributed by atoms with Gasteiger partial charge in [-0.15, -0.1) is 0 Å². The largest absolute Gasteiger partial charge is 0.444 e. The van der Waals surface area contributed by atoms with E-state index in [9.17, 15) is 4.79 Å². The molecule has 2 N–H and O–H groups in total. The zero-order chi connectivity index (χ0) is 20.8. The van der Waals surface area contributed by atoms with Gasteiger partial charge in [0.05, 0.1) is 22.6 Å². The summed E-state index contributed by atoms with van der Waals surface area (Å²) < 4.78 is 5.64. The Balaban J connectivity index is 3.22. The van der Waals surface area contributed by atoms with Gasteiger partial charge < -0.3 is 15.4 Å². The van der Waals surface area contributed by atoms with Gasteiger partial charge in [-0.25, -0.2) is 4.79 Å². The second-order valence-corrected chi connectivity index (χ2v) is 8.69. The van der Waals surface area contributed by atoms with E-state index < -0.39 is 11.7 Å².